The Morgan fingerprint density at radius 3 is 2.91 bits per heavy atom. The first-order valence-corrected chi connectivity index (χ1v) is 7.62. The molecule has 0 aliphatic heterocycles. The van der Waals surface area contributed by atoms with Crippen molar-refractivity contribution in [2.24, 2.45) is 16.5 Å². The first kappa shape index (κ1) is 16.8. The van der Waals surface area contributed by atoms with Crippen LogP contribution in [0, 0.1) is 0 Å². The SMILES string of the molecule is CC(C)Oc1cccc2[nH]c(C(=O)N=C(N)NCCCN)cc12. The summed E-state index contributed by atoms with van der Waals surface area (Å²) in [4.78, 5) is 19.1. The Kier molecular flexibility index (Phi) is 5.59. The molecular formula is C16H23N5O2. The van der Waals surface area contributed by atoms with Gasteiger partial charge in [-0.1, -0.05) is 6.07 Å². The largest absolute Gasteiger partial charge is 0.490 e. The number of guanidine groups is 1. The number of aliphatic imine (C=N–C) groups is 1. The van der Waals surface area contributed by atoms with Crippen molar-refractivity contribution in [1.29, 1.82) is 0 Å². The average Bonchev–Trinajstić information content (AvgIpc) is 2.92. The van der Waals surface area contributed by atoms with Crippen molar-refractivity contribution in [1.82, 2.24) is 10.3 Å². The summed E-state index contributed by atoms with van der Waals surface area (Å²) in [5.74, 6) is 0.376. The van der Waals surface area contributed by atoms with E-state index in [1.54, 1.807) is 6.07 Å². The first-order valence-electron chi connectivity index (χ1n) is 7.62. The number of nitrogens with one attached hydrogen (secondary N) is 2. The monoisotopic (exact) mass is 317 g/mol. The molecule has 0 aliphatic carbocycles. The highest BCUT2D eigenvalue weighted by Gasteiger charge is 2.12. The minimum Gasteiger partial charge on any atom is -0.490 e. The topological polar surface area (TPSA) is 119 Å². The summed E-state index contributed by atoms with van der Waals surface area (Å²) in [6.45, 7) is 5.04. The van der Waals surface area contributed by atoms with E-state index in [0.29, 0.717) is 18.8 Å². The minimum absolute atomic E-state index is 0.0510. The Labute approximate surface area is 135 Å². The highest BCUT2D eigenvalue weighted by molar-refractivity contribution is 6.04. The molecule has 0 saturated heterocycles. The van der Waals surface area contributed by atoms with Gasteiger partial charge in [-0.3, -0.25) is 4.79 Å². The molecule has 0 bridgehead atoms. The van der Waals surface area contributed by atoms with E-state index >= 15 is 0 Å². The normalized spacial score (nSPS) is 11.9. The van der Waals surface area contributed by atoms with E-state index in [4.69, 9.17) is 16.2 Å². The maximum Gasteiger partial charge on any atom is 0.296 e. The van der Waals surface area contributed by atoms with Gasteiger partial charge in [-0.15, -0.1) is 0 Å². The predicted molar refractivity (Wildman–Crippen MR) is 91.7 cm³/mol. The van der Waals surface area contributed by atoms with Crippen LogP contribution in [0.1, 0.15) is 30.8 Å². The number of amides is 1. The van der Waals surface area contributed by atoms with E-state index in [1.165, 1.54) is 0 Å². The molecule has 0 unspecified atom stereocenters. The van der Waals surface area contributed by atoms with Gasteiger partial charge in [-0.25, -0.2) is 0 Å². The van der Waals surface area contributed by atoms with Crippen LogP contribution >= 0.6 is 0 Å². The molecule has 0 fully saturated rings. The number of H-pyrrole nitrogens is 1. The quantitative estimate of drug-likeness (QED) is 0.364. The van der Waals surface area contributed by atoms with Crippen LogP contribution in [-0.4, -0.2) is 36.0 Å². The van der Waals surface area contributed by atoms with Crippen LogP contribution < -0.4 is 21.5 Å². The van der Waals surface area contributed by atoms with Gasteiger partial charge >= 0.3 is 0 Å². The third-order valence-corrected chi connectivity index (χ3v) is 3.13. The van der Waals surface area contributed by atoms with Gasteiger partial charge in [-0.2, -0.15) is 4.99 Å². The van der Waals surface area contributed by atoms with E-state index in [0.717, 1.165) is 23.1 Å². The lowest BCUT2D eigenvalue weighted by atomic mass is 10.2. The maximum atomic E-state index is 12.2. The molecule has 7 nitrogen and oxygen atoms in total. The molecule has 1 aromatic carbocycles. The number of aromatic nitrogens is 1. The number of ether oxygens (including phenoxy) is 1. The number of rotatable bonds is 6. The molecule has 0 radical (unpaired) electrons. The summed E-state index contributed by atoms with van der Waals surface area (Å²) in [5.41, 5.74) is 12.3. The molecule has 23 heavy (non-hydrogen) atoms. The second-order valence-electron chi connectivity index (χ2n) is 5.44. The minimum atomic E-state index is -0.436. The number of hydrogen-bond donors (Lipinski definition) is 4. The predicted octanol–water partition coefficient (Wildman–Crippen LogP) is 1.35. The Balaban J connectivity index is 2.20. The Morgan fingerprint density at radius 1 is 1.43 bits per heavy atom. The number of aromatic amines is 1. The van der Waals surface area contributed by atoms with Crippen LogP contribution in [0.2, 0.25) is 0 Å². The molecule has 0 atom stereocenters. The molecule has 1 aromatic heterocycles. The van der Waals surface area contributed by atoms with Gasteiger partial charge in [0.1, 0.15) is 11.4 Å². The second-order valence-corrected chi connectivity index (χ2v) is 5.44. The molecule has 2 rings (SSSR count). The number of benzene rings is 1. The van der Waals surface area contributed by atoms with Gasteiger partial charge < -0.3 is 26.5 Å². The Morgan fingerprint density at radius 2 is 2.22 bits per heavy atom. The number of carbonyl (C=O) groups excluding carboxylic acids is 1. The molecular weight excluding hydrogens is 294 g/mol. The van der Waals surface area contributed by atoms with Crippen LogP contribution in [0.25, 0.3) is 10.9 Å². The molecule has 7 heteroatoms. The van der Waals surface area contributed by atoms with Crippen LogP contribution in [-0.2, 0) is 0 Å². The molecule has 0 spiro atoms. The summed E-state index contributed by atoms with van der Waals surface area (Å²) in [6.07, 6.45) is 0.808. The average molecular weight is 317 g/mol. The van der Waals surface area contributed by atoms with Crippen LogP contribution in [0.3, 0.4) is 0 Å². The van der Waals surface area contributed by atoms with Crippen LogP contribution in [0.5, 0.6) is 5.75 Å². The van der Waals surface area contributed by atoms with Gasteiger partial charge in [0.05, 0.1) is 6.10 Å². The van der Waals surface area contributed by atoms with Crippen molar-refractivity contribution in [2.75, 3.05) is 13.1 Å². The fourth-order valence-corrected chi connectivity index (χ4v) is 2.13. The first-order chi connectivity index (χ1) is 11.0. The molecule has 6 N–H and O–H groups in total. The Hall–Kier alpha value is -2.54. The van der Waals surface area contributed by atoms with E-state index < -0.39 is 5.91 Å². The van der Waals surface area contributed by atoms with Gasteiger partial charge in [0.15, 0.2) is 5.96 Å². The van der Waals surface area contributed by atoms with Crippen LogP contribution in [0.15, 0.2) is 29.3 Å². The third kappa shape index (κ3) is 4.46. The standard InChI is InChI=1S/C16H23N5O2/c1-10(2)23-14-6-3-5-12-11(14)9-13(20-12)15(22)21-16(18)19-8-4-7-17/h3,5-6,9-10,20H,4,7-8,17H2,1-2H3,(H3,18,19,21,22). The molecule has 0 saturated carbocycles. The van der Waals surface area contributed by atoms with Crippen molar-refractivity contribution in [2.45, 2.75) is 26.4 Å². The molecule has 2 aromatic rings. The second kappa shape index (κ2) is 7.64. The lowest BCUT2D eigenvalue weighted by Crippen LogP contribution is -2.34. The zero-order valence-electron chi connectivity index (χ0n) is 13.4. The van der Waals surface area contributed by atoms with Crippen molar-refractivity contribution < 1.29 is 9.53 Å². The van der Waals surface area contributed by atoms with Gasteiger partial charge in [0.2, 0.25) is 0 Å². The summed E-state index contributed by atoms with van der Waals surface area (Å²) in [5, 5.41) is 3.69. The van der Waals surface area contributed by atoms with Crippen molar-refractivity contribution in [3.05, 3.63) is 30.0 Å². The molecule has 0 aliphatic rings. The number of hydrogen-bond acceptors (Lipinski definition) is 3. The van der Waals surface area contributed by atoms with Gasteiger partial charge in [-0.05, 0) is 45.0 Å². The van der Waals surface area contributed by atoms with Crippen LogP contribution in [0.4, 0.5) is 0 Å². The number of nitrogens with zero attached hydrogens (tertiary/aromatic N) is 1. The summed E-state index contributed by atoms with van der Waals surface area (Å²) < 4.78 is 5.75. The van der Waals surface area contributed by atoms with Gasteiger partial charge in [0.25, 0.3) is 5.91 Å². The number of fused-ring (bicyclic) bond motifs is 1. The third-order valence-electron chi connectivity index (χ3n) is 3.13. The number of carbonyl (C=O) groups is 1. The highest BCUT2D eigenvalue weighted by Crippen LogP contribution is 2.27. The maximum absolute atomic E-state index is 12.2. The fourth-order valence-electron chi connectivity index (χ4n) is 2.13. The zero-order valence-corrected chi connectivity index (χ0v) is 13.4. The highest BCUT2D eigenvalue weighted by atomic mass is 16.5. The van der Waals surface area contributed by atoms with Crippen molar-refractivity contribution >= 4 is 22.8 Å². The molecule has 1 amide bonds. The number of nitrogens with two attached hydrogens (primary N) is 2. The van der Waals surface area contributed by atoms with Gasteiger partial charge in [0, 0.05) is 17.4 Å². The summed E-state index contributed by atoms with van der Waals surface area (Å²) >= 11 is 0. The summed E-state index contributed by atoms with van der Waals surface area (Å²) in [6, 6.07) is 7.35. The van der Waals surface area contributed by atoms with E-state index in [1.807, 2.05) is 32.0 Å². The van der Waals surface area contributed by atoms with Crippen molar-refractivity contribution in [3.63, 3.8) is 0 Å². The molecule has 1 heterocycles. The van der Waals surface area contributed by atoms with E-state index in [9.17, 15) is 4.79 Å². The Bertz CT molecular complexity index is 706. The fraction of sp³-hybridized carbons (Fsp3) is 0.375. The molecule has 124 valence electrons. The van der Waals surface area contributed by atoms with E-state index in [2.05, 4.69) is 15.3 Å². The smallest absolute Gasteiger partial charge is 0.296 e. The van der Waals surface area contributed by atoms with Crippen molar-refractivity contribution in [3.8, 4) is 5.75 Å². The lowest BCUT2D eigenvalue weighted by molar-refractivity contribution is 0.0998. The summed E-state index contributed by atoms with van der Waals surface area (Å²) in [7, 11) is 0. The lowest BCUT2D eigenvalue weighted by Gasteiger charge is -2.10. The zero-order chi connectivity index (χ0) is 16.8. The van der Waals surface area contributed by atoms with E-state index in [-0.39, 0.29) is 12.1 Å².